The van der Waals surface area contributed by atoms with E-state index in [1.165, 1.54) is 0 Å². The minimum atomic E-state index is -3.30. The van der Waals surface area contributed by atoms with Gasteiger partial charge in [-0.3, -0.25) is 0 Å². The standard InChI is InChI=1S/C8H21N3O2S/c1-3-8(5-6-9)7-11-14(12,13)10-4-2/h8,10-11H,3-7,9H2,1-2H3. The van der Waals surface area contributed by atoms with Crippen molar-refractivity contribution >= 4 is 10.2 Å². The quantitative estimate of drug-likeness (QED) is 0.533. The van der Waals surface area contributed by atoms with Crippen molar-refractivity contribution in [3.8, 4) is 0 Å². The molecule has 6 heteroatoms. The van der Waals surface area contributed by atoms with Gasteiger partial charge in [0, 0.05) is 13.1 Å². The summed E-state index contributed by atoms with van der Waals surface area (Å²) in [7, 11) is -3.30. The summed E-state index contributed by atoms with van der Waals surface area (Å²) >= 11 is 0. The Hall–Kier alpha value is -0.170. The van der Waals surface area contributed by atoms with Crippen LogP contribution in [-0.2, 0) is 10.2 Å². The van der Waals surface area contributed by atoms with Crippen molar-refractivity contribution in [3.05, 3.63) is 0 Å². The van der Waals surface area contributed by atoms with Gasteiger partial charge in [0.25, 0.3) is 10.2 Å². The molecular weight excluding hydrogens is 202 g/mol. The summed E-state index contributed by atoms with van der Waals surface area (Å²) in [5.41, 5.74) is 5.41. The van der Waals surface area contributed by atoms with Gasteiger partial charge < -0.3 is 5.73 Å². The Balaban J connectivity index is 3.89. The smallest absolute Gasteiger partial charge is 0.276 e. The number of hydrogen-bond acceptors (Lipinski definition) is 3. The summed E-state index contributed by atoms with van der Waals surface area (Å²) in [6.07, 6.45) is 1.79. The largest absolute Gasteiger partial charge is 0.330 e. The molecule has 0 aromatic carbocycles. The van der Waals surface area contributed by atoms with Crippen molar-refractivity contribution in [2.75, 3.05) is 19.6 Å². The van der Waals surface area contributed by atoms with Crippen LogP contribution in [0.15, 0.2) is 0 Å². The van der Waals surface area contributed by atoms with Gasteiger partial charge in [0.05, 0.1) is 0 Å². The van der Waals surface area contributed by atoms with E-state index in [1.54, 1.807) is 6.92 Å². The van der Waals surface area contributed by atoms with Gasteiger partial charge in [-0.25, -0.2) is 9.44 Å². The molecule has 0 heterocycles. The number of nitrogens with two attached hydrogens (primary N) is 1. The molecule has 0 saturated carbocycles. The summed E-state index contributed by atoms with van der Waals surface area (Å²) in [4.78, 5) is 0. The minimum absolute atomic E-state index is 0.327. The third-order valence-corrected chi connectivity index (χ3v) is 3.26. The van der Waals surface area contributed by atoms with Crippen molar-refractivity contribution in [2.24, 2.45) is 11.7 Å². The van der Waals surface area contributed by atoms with Gasteiger partial charge in [-0.2, -0.15) is 8.42 Å². The SMILES string of the molecule is CCNS(=O)(=O)NCC(CC)CCN. The predicted molar refractivity (Wildman–Crippen MR) is 58.1 cm³/mol. The summed E-state index contributed by atoms with van der Waals surface area (Å²) < 4.78 is 27.3. The van der Waals surface area contributed by atoms with Crippen LogP contribution >= 0.6 is 0 Å². The van der Waals surface area contributed by atoms with Crippen LogP contribution in [0.5, 0.6) is 0 Å². The molecule has 1 atom stereocenters. The van der Waals surface area contributed by atoms with E-state index in [-0.39, 0.29) is 0 Å². The van der Waals surface area contributed by atoms with E-state index in [4.69, 9.17) is 5.73 Å². The van der Waals surface area contributed by atoms with Gasteiger partial charge >= 0.3 is 0 Å². The maximum Gasteiger partial charge on any atom is 0.276 e. The Morgan fingerprint density at radius 2 is 1.93 bits per heavy atom. The van der Waals surface area contributed by atoms with E-state index in [1.807, 2.05) is 6.92 Å². The Labute approximate surface area is 86.6 Å². The molecule has 0 spiro atoms. The first-order valence-electron chi connectivity index (χ1n) is 5.00. The molecule has 0 aliphatic rings. The van der Waals surface area contributed by atoms with Gasteiger partial charge in [-0.15, -0.1) is 0 Å². The molecule has 0 aliphatic heterocycles. The van der Waals surface area contributed by atoms with Gasteiger partial charge in [0.1, 0.15) is 0 Å². The first-order valence-corrected chi connectivity index (χ1v) is 6.48. The van der Waals surface area contributed by atoms with Crippen molar-refractivity contribution in [1.82, 2.24) is 9.44 Å². The molecule has 0 radical (unpaired) electrons. The zero-order chi connectivity index (χ0) is 11.0. The Morgan fingerprint density at radius 1 is 1.29 bits per heavy atom. The zero-order valence-corrected chi connectivity index (χ0v) is 9.73. The molecule has 5 nitrogen and oxygen atoms in total. The molecule has 1 unspecified atom stereocenters. The van der Waals surface area contributed by atoms with Crippen LogP contribution < -0.4 is 15.2 Å². The number of rotatable bonds is 8. The molecule has 0 aromatic heterocycles. The second-order valence-corrected chi connectivity index (χ2v) is 4.79. The number of hydrogen-bond donors (Lipinski definition) is 3. The van der Waals surface area contributed by atoms with Crippen molar-refractivity contribution in [2.45, 2.75) is 26.7 Å². The molecule has 86 valence electrons. The highest BCUT2D eigenvalue weighted by Gasteiger charge is 2.11. The second kappa shape index (κ2) is 7.17. The molecule has 0 saturated heterocycles. The van der Waals surface area contributed by atoms with Crippen molar-refractivity contribution in [3.63, 3.8) is 0 Å². The predicted octanol–water partition coefficient (Wildman–Crippen LogP) is -0.195. The van der Waals surface area contributed by atoms with Gasteiger partial charge in [-0.1, -0.05) is 20.3 Å². The van der Waals surface area contributed by atoms with E-state index in [0.717, 1.165) is 12.8 Å². The first-order chi connectivity index (χ1) is 6.55. The van der Waals surface area contributed by atoms with Gasteiger partial charge in [0.2, 0.25) is 0 Å². The normalized spacial score (nSPS) is 14.2. The monoisotopic (exact) mass is 223 g/mol. The third-order valence-electron chi connectivity index (χ3n) is 2.05. The van der Waals surface area contributed by atoms with E-state index < -0.39 is 10.2 Å². The third kappa shape index (κ3) is 6.31. The summed E-state index contributed by atoms with van der Waals surface area (Å²) in [5, 5.41) is 0. The lowest BCUT2D eigenvalue weighted by Gasteiger charge is -2.14. The fourth-order valence-corrected chi connectivity index (χ4v) is 2.09. The van der Waals surface area contributed by atoms with Crippen LogP contribution in [0.2, 0.25) is 0 Å². The van der Waals surface area contributed by atoms with Gasteiger partial charge in [-0.05, 0) is 18.9 Å². The summed E-state index contributed by atoms with van der Waals surface area (Å²) in [5.74, 6) is 0.327. The molecular formula is C8H21N3O2S. The topological polar surface area (TPSA) is 84.2 Å². The van der Waals surface area contributed by atoms with Crippen LogP contribution in [0.4, 0.5) is 0 Å². The molecule has 0 aromatic rings. The van der Waals surface area contributed by atoms with Crippen LogP contribution in [0, 0.1) is 5.92 Å². The fraction of sp³-hybridized carbons (Fsp3) is 1.00. The van der Waals surface area contributed by atoms with E-state index in [0.29, 0.717) is 25.6 Å². The lowest BCUT2D eigenvalue weighted by atomic mass is 10.0. The molecule has 0 fully saturated rings. The highest BCUT2D eigenvalue weighted by atomic mass is 32.2. The Bertz CT molecular complexity index is 229. The maximum absolute atomic E-state index is 11.2. The molecule has 14 heavy (non-hydrogen) atoms. The van der Waals surface area contributed by atoms with E-state index in [9.17, 15) is 8.42 Å². The highest BCUT2D eigenvalue weighted by molar-refractivity contribution is 7.87. The second-order valence-electron chi connectivity index (χ2n) is 3.20. The Morgan fingerprint density at radius 3 is 2.36 bits per heavy atom. The lowest BCUT2D eigenvalue weighted by Crippen LogP contribution is -2.39. The van der Waals surface area contributed by atoms with E-state index in [2.05, 4.69) is 9.44 Å². The first kappa shape index (κ1) is 13.8. The molecule has 0 rings (SSSR count). The average Bonchev–Trinajstić information content (AvgIpc) is 2.12. The van der Waals surface area contributed by atoms with Crippen LogP contribution in [-0.4, -0.2) is 28.1 Å². The van der Waals surface area contributed by atoms with Crippen LogP contribution in [0.1, 0.15) is 26.7 Å². The zero-order valence-electron chi connectivity index (χ0n) is 8.91. The lowest BCUT2D eigenvalue weighted by molar-refractivity contribution is 0.463. The average molecular weight is 223 g/mol. The van der Waals surface area contributed by atoms with Crippen molar-refractivity contribution < 1.29 is 8.42 Å². The summed E-state index contributed by atoms with van der Waals surface area (Å²) in [6, 6.07) is 0. The Kier molecular flexibility index (Phi) is 7.08. The minimum Gasteiger partial charge on any atom is -0.330 e. The van der Waals surface area contributed by atoms with Gasteiger partial charge in [0.15, 0.2) is 0 Å². The molecule has 4 N–H and O–H groups in total. The van der Waals surface area contributed by atoms with Crippen LogP contribution in [0.3, 0.4) is 0 Å². The van der Waals surface area contributed by atoms with E-state index >= 15 is 0 Å². The maximum atomic E-state index is 11.2. The highest BCUT2D eigenvalue weighted by Crippen LogP contribution is 2.05. The molecule has 0 aliphatic carbocycles. The van der Waals surface area contributed by atoms with Crippen molar-refractivity contribution in [1.29, 1.82) is 0 Å². The fourth-order valence-electron chi connectivity index (χ4n) is 1.15. The molecule has 0 amide bonds. The summed E-state index contributed by atoms with van der Waals surface area (Å²) in [6.45, 7) is 5.24. The number of nitrogens with one attached hydrogen (secondary N) is 2. The molecule has 0 bridgehead atoms. The van der Waals surface area contributed by atoms with Crippen LogP contribution in [0.25, 0.3) is 0 Å².